The number of nitrogens with one attached hydrogen (secondary N) is 1. The molecule has 0 bridgehead atoms. The van der Waals surface area contributed by atoms with Gasteiger partial charge >= 0.3 is 0 Å². The Bertz CT molecular complexity index is 596. The van der Waals surface area contributed by atoms with E-state index in [0.717, 1.165) is 11.1 Å². The van der Waals surface area contributed by atoms with Crippen LogP contribution in [0.3, 0.4) is 0 Å². The molecule has 1 nitrogen and oxygen atoms in total. The predicted molar refractivity (Wildman–Crippen MR) is 83.4 cm³/mol. The van der Waals surface area contributed by atoms with Crippen LogP contribution >= 0.6 is 34.8 Å². The first-order chi connectivity index (χ1) is 9.49. The second kappa shape index (κ2) is 6.77. The lowest BCUT2D eigenvalue weighted by Crippen LogP contribution is -2.19. The molecule has 20 heavy (non-hydrogen) atoms. The molecule has 0 aromatic heterocycles. The Morgan fingerprint density at radius 1 is 1.05 bits per heavy atom. The van der Waals surface area contributed by atoms with Crippen LogP contribution in [0.25, 0.3) is 0 Å². The largest absolute Gasteiger partial charge is 0.313 e. The highest BCUT2D eigenvalue weighted by atomic mass is 35.5. The molecule has 106 valence electrons. The van der Waals surface area contributed by atoms with Gasteiger partial charge in [0.15, 0.2) is 0 Å². The van der Waals surface area contributed by atoms with Gasteiger partial charge in [-0.1, -0.05) is 34.8 Å². The lowest BCUT2D eigenvalue weighted by Gasteiger charge is -2.18. The zero-order valence-corrected chi connectivity index (χ0v) is 13.0. The Labute approximate surface area is 132 Å². The van der Waals surface area contributed by atoms with Crippen molar-refractivity contribution in [3.63, 3.8) is 0 Å². The summed E-state index contributed by atoms with van der Waals surface area (Å²) in [4.78, 5) is 0. The molecule has 0 aliphatic carbocycles. The Balaban J connectivity index is 2.30. The van der Waals surface area contributed by atoms with Crippen molar-refractivity contribution in [2.45, 2.75) is 12.5 Å². The third kappa shape index (κ3) is 3.86. The fraction of sp³-hybridized carbons (Fsp3) is 0.200. The minimum absolute atomic E-state index is 0.0505. The Morgan fingerprint density at radius 2 is 1.70 bits per heavy atom. The van der Waals surface area contributed by atoms with Crippen LogP contribution in [-0.2, 0) is 6.42 Å². The molecule has 0 radical (unpaired) electrons. The quantitative estimate of drug-likeness (QED) is 0.802. The van der Waals surface area contributed by atoms with E-state index in [1.54, 1.807) is 12.1 Å². The fourth-order valence-corrected chi connectivity index (χ4v) is 2.82. The molecule has 2 rings (SSSR count). The Kier molecular flexibility index (Phi) is 5.28. The van der Waals surface area contributed by atoms with Crippen LogP contribution in [0.2, 0.25) is 15.1 Å². The van der Waals surface area contributed by atoms with E-state index < -0.39 is 0 Å². The van der Waals surface area contributed by atoms with Crippen molar-refractivity contribution in [2.24, 2.45) is 0 Å². The van der Waals surface area contributed by atoms with E-state index in [2.05, 4.69) is 5.32 Å². The molecule has 0 aliphatic heterocycles. The molecule has 5 heteroatoms. The average Bonchev–Trinajstić information content (AvgIpc) is 2.38. The highest BCUT2D eigenvalue weighted by Gasteiger charge is 2.14. The third-order valence-electron chi connectivity index (χ3n) is 3.07. The van der Waals surface area contributed by atoms with Crippen molar-refractivity contribution in [3.05, 3.63) is 68.4 Å². The zero-order valence-electron chi connectivity index (χ0n) is 10.8. The zero-order chi connectivity index (χ0) is 14.7. The van der Waals surface area contributed by atoms with Crippen LogP contribution in [0.15, 0.2) is 36.4 Å². The second-order valence-electron chi connectivity index (χ2n) is 4.48. The number of benzene rings is 2. The van der Waals surface area contributed by atoms with E-state index in [1.807, 2.05) is 19.2 Å². The highest BCUT2D eigenvalue weighted by molar-refractivity contribution is 6.34. The fourth-order valence-electron chi connectivity index (χ4n) is 2.08. The van der Waals surface area contributed by atoms with Crippen molar-refractivity contribution in [1.82, 2.24) is 5.32 Å². The summed E-state index contributed by atoms with van der Waals surface area (Å²) >= 11 is 18.1. The van der Waals surface area contributed by atoms with Gasteiger partial charge in [0.05, 0.1) is 0 Å². The summed E-state index contributed by atoms with van der Waals surface area (Å²) in [5, 5.41) is 4.85. The molecule has 1 unspecified atom stereocenters. The molecule has 0 saturated heterocycles. The maximum absolute atomic E-state index is 13.3. The highest BCUT2D eigenvalue weighted by Crippen LogP contribution is 2.28. The smallest absolute Gasteiger partial charge is 0.123 e. The van der Waals surface area contributed by atoms with Crippen molar-refractivity contribution >= 4 is 34.8 Å². The van der Waals surface area contributed by atoms with E-state index in [-0.39, 0.29) is 11.9 Å². The lowest BCUT2D eigenvalue weighted by molar-refractivity contribution is 0.584. The van der Waals surface area contributed by atoms with Crippen molar-refractivity contribution < 1.29 is 4.39 Å². The normalized spacial score (nSPS) is 12.4. The molecule has 0 spiro atoms. The van der Waals surface area contributed by atoms with Crippen LogP contribution in [-0.4, -0.2) is 7.05 Å². The van der Waals surface area contributed by atoms with Crippen LogP contribution in [0.1, 0.15) is 17.2 Å². The molecule has 0 heterocycles. The minimum atomic E-state index is -0.302. The van der Waals surface area contributed by atoms with Crippen LogP contribution in [0.4, 0.5) is 4.39 Å². The summed E-state index contributed by atoms with van der Waals surface area (Å²) in [5.74, 6) is -0.302. The number of hydrogen-bond donors (Lipinski definition) is 1. The number of hydrogen-bond acceptors (Lipinski definition) is 1. The van der Waals surface area contributed by atoms with E-state index in [4.69, 9.17) is 34.8 Å². The molecular weight excluding hydrogens is 320 g/mol. The van der Waals surface area contributed by atoms with Crippen molar-refractivity contribution in [3.8, 4) is 0 Å². The Hall–Kier alpha value is -0.800. The van der Waals surface area contributed by atoms with Gasteiger partial charge in [-0.25, -0.2) is 4.39 Å². The molecule has 1 N–H and O–H groups in total. The van der Waals surface area contributed by atoms with Crippen LogP contribution in [0, 0.1) is 5.82 Å². The predicted octanol–water partition coefficient (Wildman–Crippen LogP) is 5.29. The van der Waals surface area contributed by atoms with Crippen LogP contribution < -0.4 is 5.32 Å². The Morgan fingerprint density at radius 3 is 2.30 bits per heavy atom. The molecule has 0 amide bonds. The summed E-state index contributed by atoms with van der Waals surface area (Å²) in [6, 6.07) is 9.64. The van der Waals surface area contributed by atoms with Gasteiger partial charge in [0, 0.05) is 21.1 Å². The first-order valence-electron chi connectivity index (χ1n) is 6.07. The van der Waals surface area contributed by atoms with Gasteiger partial charge in [-0.05, 0) is 61.0 Å². The van der Waals surface area contributed by atoms with Crippen molar-refractivity contribution in [2.75, 3.05) is 7.05 Å². The first kappa shape index (κ1) is 15.6. The summed E-state index contributed by atoms with van der Waals surface area (Å²) in [7, 11) is 1.83. The standard InChI is InChI=1S/C15H13Cl3FN/c1-20-15(10-4-11(16)8-12(17)5-10)7-9-6-13(19)2-3-14(9)18/h2-6,8,15,20H,7H2,1H3. The van der Waals surface area contributed by atoms with E-state index in [1.165, 1.54) is 12.1 Å². The van der Waals surface area contributed by atoms with Gasteiger partial charge in [-0.3, -0.25) is 0 Å². The van der Waals surface area contributed by atoms with Gasteiger partial charge in [-0.15, -0.1) is 0 Å². The number of likely N-dealkylation sites (N-methyl/N-ethyl adjacent to an activating group) is 1. The average molecular weight is 333 g/mol. The monoisotopic (exact) mass is 331 g/mol. The second-order valence-corrected chi connectivity index (χ2v) is 5.76. The maximum atomic E-state index is 13.3. The van der Waals surface area contributed by atoms with Crippen molar-refractivity contribution in [1.29, 1.82) is 0 Å². The number of halogens is 4. The topological polar surface area (TPSA) is 12.0 Å². The third-order valence-corrected chi connectivity index (χ3v) is 3.87. The number of rotatable bonds is 4. The molecule has 2 aromatic carbocycles. The van der Waals surface area contributed by atoms with E-state index in [9.17, 15) is 4.39 Å². The molecule has 1 atom stereocenters. The molecule has 2 aromatic rings. The SMILES string of the molecule is CNC(Cc1cc(F)ccc1Cl)c1cc(Cl)cc(Cl)c1. The summed E-state index contributed by atoms with van der Waals surface area (Å²) < 4.78 is 13.3. The van der Waals surface area contributed by atoms with Gasteiger partial charge in [0.1, 0.15) is 5.82 Å². The molecule has 0 aliphatic rings. The first-order valence-corrected chi connectivity index (χ1v) is 7.20. The molecular formula is C15H13Cl3FN. The summed E-state index contributed by atoms with van der Waals surface area (Å²) in [5.41, 5.74) is 1.67. The van der Waals surface area contributed by atoms with Crippen LogP contribution in [0.5, 0.6) is 0 Å². The van der Waals surface area contributed by atoms with E-state index >= 15 is 0 Å². The van der Waals surface area contributed by atoms with Gasteiger partial charge in [-0.2, -0.15) is 0 Å². The maximum Gasteiger partial charge on any atom is 0.123 e. The lowest BCUT2D eigenvalue weighted by atomic mass is 9.99. The minimum Gasteiger partial charge on any atom is -0.313 e. The summed E-state index contributed by atoms with van der Waals surface area (Å²) in [6.07, 6.45) is 0.545. The van der Waals surface area contributed by atoms with Gasteiger partial charge < -0.3 is 5.32 Å². The summed E-state index contributed by atoms with van der Waals surface area (Å²) in [6.45, 7) is 0. The molecule has 0 saturated carbocycles. The van der Waals surface area contributed by atoms with Gasteiger partial charge in [0.25, 0.3) is 0 Å². The molecule has 0 fully saturated rings. The van der Waals surface area contributed by atoms with E-state index in [0.29, 0.717) is 21.5 Å². The van der Waals surface area contributed by atoms with Gasteiger partial charge in [0.2, 0.25) is 0 Å².